The fourth-order valence-corrected chi connectivity index (χ4v) is 2.34. The number of aromatic nitrogens is 2. The largest absolute Gasteiger partial charge is 0.369 e. The van der Waals surface area contributed by atoms with Crippen molar-refractivity contribution in [3.05, 3.63) is 11.7 Å². The van der Waals surface area contributed by atoms with Crippen LogP contribution in [0.1, 0.15) is 64.1 Å². The summed E-state index contributed by atoms with van der Waals surface area (Å²) in [6.07, 6.45) is 6.61. The standard InChI is InChI=1S/C13H23N3O2/c1-12(2,17-3)11-15-10(16-18-11)13(14)8-6-4-5-7-9-13/h4-9,14H2,1-3H3. The van der Waals surface area contributed by atoms with Gasteiger partial charge < -0.3 is 15.0 Å². The van der Waals surface area contributed by atoms with Crippen LogP contribution in [0.3, 0.4) is 0 Å². The van der Waals surface area contributed by atoms with E-state index >= 15 is 0 Å². The lowest BCUT2D eigenvalue weighted by molar-refractivity contribution is -0.00787. The van der Waals surface area contributed by atoms with E-state index in [0.29, 0.717) is 11.7 Å². The molecule has 0 radical (unpaired) electrons. The molecule has 1 aliphatic carbocycles. The Morgan fingerprint density at radius 1 is 1.22 bits per heavy atom. The highest BCUT2D eigenvalue weighted by molar-refractivity contribution is 5.07. The number of rotatable bonds is 3. The van der Waals surface area contributed by atoms with Gasteiger partial charge in [0.1, 0.15) is 5.60 Å². The van der Waals surface area contributed by atoms with Crippen LogP contribution in [0.2, 0.25) is 0 Å². The van der Waals surface area contributed by atoms with Gasteiger partial charge in [-0.15, -0.1) is 0 Å². The molecule has 0 aromatic carbocycles. The van der Waals surface area contributed by atoms with Crippen LogP contribution in [-0.4, -0.2) is 17.3 Å². The summed E-state index contributed by atoms with van der Waals surface area (Å²) in [4.78, 5) is 4.46. The van der Waals surface area contributed by atoms with Gasteiger partial charge in [0.2, 0.25) is 0 Å². The minimum Gasteiger partial charge on any atom is -0.369 e. The van der Waals surface area contributed by atoms with Gasteiger partial charge in [0.05, 0.1) is 5.54 Å². The van der Waals surface area contributed by atoms with E-state index in [0.717, 1.165) is 25.7 Å². The summed E-state index contributed by atoms with van der Waals surface area (Å²) in [5, 5.41) is 4.08. The second kappa shape index (κ2) is 4.97. The Balaban J connectivity index is 2.23. The first-order valence-corrected chi connectivity index (χ1v) is 6.67. The van der Waals surface area contributed by atoms with Crippen molar-refractivity contribution in [2.75, 3.05) is 7.11 Å². The summed E-state index contributed by atoms with van der Waals surface area (Å²) in [6, 6.07) is 0. The number of ether oxygens (including phenoxy) is 1. The zero-order valence-electron chi connectivity index (χ0n) is 11.5. The lowest BCUT2D eigenvalue weighted by Gasteiger charge is -2.23. The highest BCUT2D eigenvalue weighted by Crippen LogP contribution is 2.33. The van der Waals surface area contributed by atoms with E-state index in [1.807, 2.05) is 13.8 Å². The van der Waals surface area contributed by atoms with Crippen molar-refractivity contribution < 1.29 is 9.26 Å². The van der Waals surface area contributed by atoms with Crippen molar-refractivity contribution in [1.82, 2.24) is 10.1 Å². The first-order valence-electron chi connectivity index (χ1n) is 6.67. The number of hydrogen-bond acceptors (Lipinski definition) is 5. The minimum absolute atomic E-state index is 0.429. The van der Waals surface area contributed by atoms with Crippen molar-refractivity contribution in [2.24, 2.45) is 5.73 Å². The Kier molecular flexibility index (Phi) is 3.73. The molecule has 5 heteroatoms. The second-order valence-electron chi connectivity index (χ2n) is 5.71. The number of nitrogens with zero attached hydrogens (tertiary/aromatic N) is 2. The first-order chi connectivity index (χ1) is 8.48. The average Bonchev–Trinajstić information content (AvgIpc) is 2.76. The molecule has 1 saturated carbocycles. The van der Waals surface area contributed by atoms with Crippen LogP contribution in [0.25, 0.3) is 0 Å². The lowest BCUT2D eigenvalue weighted by atomic mass is 9.91. The molecule has 1 aromatic heterocycles. The molecule has 0 amide bonds. The van der Waals surface area contributed by atoms with E-state index in [9.17, 15) is 0 Å². The summed E-state index contributed by atoms with van der Waals surface area (Å²) in [5.41, 5.74) is 5.46. The normalized spacial score (nSPS) is 20.7. The molecule has 2 rings (SSSR count). The molecule has 5 nitrogen and oxygen atoms in total. The van der Waals surface area contributed by atoms with Gasteiger partial charge >= 0.3 is 0 Å². The zero-order chi connectivity index (χ0) is 13.2. The van der Waals surface area contributed by atoms with Crippen molar-refractivity contribution in [2.45, 2.75) is 63.5 Å². The third-order valence-electron chi connectivity index (χ3n) is 3.89. The van der Waals surface area contributed by atoms with Crippen LogP contribution in [0.4, 0.5) is 0 Å². The Morgan fingerprint density at radius 2 is 1.83 bits per heavy atom. The van der Waals surface area contributed by atoms with Crippen LogP contribution in [-0.2, 0) is 15.9 Å². The van der Waals surface area contributed by atoms with Crippen LogP contribution < -0.4 is 5.73 Å². The molecule has 1 fully saturated rings. The summed E-state index contributed by atoms with van der Waals surface area (Å²) >= 11 is 0. The maximum Gasteiger partial charge on any atom is 0.258 e. The fourth-order valence-electron chi connectivity index (χ4n) is 2.34. The fraction of sp³-hybridized carbons (Fsp3) is 0.846. The molecule has 18 heavy (non-hydrogen) atoms. The molecule has 0 spiro atoms. The molecule has 1 aromatic rings. The molecule has 102 valence electrons. The van der Waals surface area contributed by atoms with E-state index in [1.165, 1.54) is 12.8 Å². The predicted molar refractivity (Wildman–Crippen MR) is 67.9 cm³/mol. The average molecular weight is 253 g/mol. The topological polar surface area (TPSA) is 74.2 Å². The maximum absolute atomic E-state index is 6.45. The highest BCUT2D eigenvalue weighted by atomic mass is 16.5. The maximum atomic E-state index is 6.45. The summed E-state index contributed by atoms with van der Waals surface area (Å²) in [5.74, 6) is 1.12. The Morgan fingerprint density at radius 3 is 2.39 bits per heavy atom. The van der Waals surface area contributed by atoms with E-state index in [1.54, 1.807) is 7.11 Å². The van der Waals surface area contributed by atoms with E-state index in [-0.39, 0.29) is 0 Å². The molecule has 0 saturated heterocycles. The molecule has 1 aliphatic rings. The van der Waals surface area contributed by atoms with Gasteiger partial charge in [-0.05, 0) is 26.7 Å². The first kappa shape index (κ1) is 13.5. The Bertz CT molecular complexity index is 393. The van der Waals surface area contributed by atoms with Gasteiger partial charge in [-0.3, -0.25) is 0 Å². The zero-order valence-corrected chi connectivity index (χ0v) is 11.5. The number of methoxy groups -OCH3 is 1. The van der Waals surface area contributed by atoms with E-state index in [4.69, 9.17) is 15.0 Å². The quantitative estimate of drug-likeness (QED) is 0.837. The van der Waals surface area contributed by atoms with Gasteiger partial charge in [0, 0.05) is 7.11 Å². The van der Waals surface area contributed by atoms with Crippen LogP contribution in [0.15, 0.2) is 4.52 Å². The smallest absolute Gasteiger partial charge is 0.258 e. The molecule has 0 bridgehead atoms. The highest BCUT2D eigenvalue weighted by Gasteiger charge is 2.36. The molecule has 0 unspecified atom stereocenters. The Labute approximate surface area is 108 Å². The van der Waals surface area contributed by atoms with Crippen LogP contribution in [0, 0.1) is 0 Å². The van der Waals surface area contributed by atoms with Gasteiger partial charge in [-0.1, -0.05) is 30.8 Å². The van der Waals surface area contributed by atoms with E-state index in [2.05, 4.69) is 10.1 Å². The molecule has 0 aliphatic heterocycles. The van der Waals surface area contributed by atoms with E-state index < -0.39 is 11.1 Å². The molecule has 2 N–H and O–H groups in total. The van der Waals surface area contributed by atoms with Crippen molar-refractivity contribution >= 4 is 0 Å². The number of nitrogens with two attached hydrogens (primary N) is 1. The van der Waals surface area contributed by atoms with Gasteiger partial charge in [0.25, 0.3) is 5.89 Å². The van der Waals surface area contributed by atoms with Crippen molar-refractivity contribution in [3.63, 3.8) is 0 Å². The number of hydrogen-bond donors (Lipinski definition) is 1. The molecular weight excluding hydrogens is 230 g/mol. The predicted octanol–water partition coefficient (Wildman–Crippen LogP) is 2.46. The monoisotopic (exact) mass is 253 g/mol. The third-order valence-corrected chi connectivity index (χ3v) is 3.89. The van der Waals surface area contributed by atoms with Gasteiger partial charge in [-0.25, -0.2) is 0 Å². The van der Waals surface area contributed by atoms with Gasteiger partial charge in [-0.2, -0.15) is 4.98 Å². The van der Waals surface area contributed by atoms with Crippen LogP contribution in [0.5, 0.6) is 0 Å². The Hall–Kier alpha value is -0.940. The molecule has 1 heterocycles. The summed E-state index contributed by atoms with van der Waals surface area (Å²) in [6.45, 7) is 3.81. The molecule has 0 atom stereocenters. The van der Waals surface area contributed by atoms with Crippen LogP contribution >= 0.6 is 0 Å². The van der Waals surface area contributed by atoms with Gasteiger partial charge in [0.15, 0.2) is 5.82 Å². The van der Waals surface area contributed by atoms with Crippen molar-refractivity contribution in [1.29, 1.82) is 0 Å². The summed E-state index contributed by atoms with van der Waals surface area (Å²) in [7, 11) is 1.63. The lowest BCUT2D eigenvalue weighted by Crippen LogP contribution is -2.37. The minimum atomic E-state index is -0.563. The molecular formula is C13H23N3O2. The second-order valence-corrected chi connectivity index (χ2v) is 5.71. The summed E-state index contributed by atoms with van der Waals surface area (Å²) < 4.78 is 10.7. The SMILES string of the molecule is COC(C)(C)c1nc(C2(N)CCCCCC2)no1. The van der Waals surface area contributed by atoms with Crippen molar-refractivity contribution in [3.8, 4) is 0 Å². The third kappa shape index (κ3) is 2.57.